The number of rotatable bonds is 14. The zero-order chi connectivity index (χ0) is 41.9. The highest BCUT2D eigenvalue weighted by molar-refractivity contribution is 6.40. The van der Waals surface area contributed by atoms with Crippen LogP contribution in [0.3, 0.4) is 0 Å². The monoisotopic (exact) mass is 858 g/mol. The Morgan fingerprint density at radius 2 is 0.862 bits per heavy atom. The lowest BCUT2D eigenvalue weighted by Crippen LogP contribution is -2.32. The fourth-order valence-corrected chi connectivity index (χ4v) is 5.85. The molecular weight excluding hydrogens is 830 g/mol. The SMILES string of the molecule is CC(=O)C(N=Nc1cc(C(=O)Nc2ccccc2)ccc1Cl)C(=O)Nc1cc(Cl)c(NC(=O)C(N=Nc2cc(C(=O)Nc3ccccc3)ccc2Cl)C(C)=O)c(Cl)c1. The first kappa shape index (κ1) is 42.8. The van der Waals surface area contributed by atoms with E-state index in [0.29, 0.717) is 11.4 Å². The minimum atomic E-state index is -1.68. The van der Waals surface area contributed by atoms with Gasteiger partial charge in [-0.15, -0.1) is 0 Å². The lowest BCUT2D eigenvalue weighted by molar-refractivity contribution is -0.127. The van der Waals surface area contributed by atoms with Gasteiger partial charge in [0.15, 0.2) is 11.6 Å². The molecule has 2 atom stereocenters. The molecule has 0 aliphatic rings. The van der Waals surface area contributed by atoms with Gasteiger partial charge < -0.3 is 21.3 Å². The van der Waals surface area contributed by atoms with Crippen LogP contribution in [-0.4, -0.2) is 47.3 Å². The van der Waals surface area contributed by atoms with Gasteiger partial charge in [-0.25, -0.2) is 0 Å². The minimum Gasteiger partial charge on any atom is -0.324 e. The number of halogens is 4. The van der Waals surface area contributed by atoms with E-state index in [2.05, 4.69) is 41.7 Å². The Kier molecular flexibility index (Phi) is 14.5. The van der Waals surface area contributed by atoms with E-state index in [-0.39, 0.29) is 54.0 Å². The Morgan fingerprint density at radius 3 is 1.26 bits per heavy atom. The van der Waals surface area contributed by atoms with Gasteiger partial charge in [-0.2, -0.15) is 20.5 Å². The molecule has 0 fully saturated rings. The van der Waals surface area contributed by atoms with E-state index in [1.54, 1.807) is 60.7 Å². The number of carbonyl (C=O) groups excluding carboxylic acids is 6. The average molecular weight is 861 g/mol. The molecule has 0 aliphatic carbocycles. The van der Waals surface area contributed by atoms with E-state index >= 15 is 0 Å². The van der Waals surface area contributed by atoms with Gasteiger partial charge in [-0.05, 0) is 86.6 Å². The molecule has 0 saturated carbocycles. The molecule has 0 spiro atoms. The number of para-hydroxylation sites is 2. The highest BCUT2D eigenvalue weighted by atomic mass is 35.5. The van der Waals surface area contributed by atoms with E-state index < -0.39 is 47.3 Å². The number of benzene rings is 5. The lowest BCUT2D eigenvalue weighted by Gasteiger charge is -2.15. The normalized spacial score (nSPS) is 12.1. The second kappa shape index (κ2) is 19.7. The van der Waals surface area contributed by atoms with Crippen LogP contribution in [0.4, 0.5) is 34.1 Å². The summed E-state index contributed by atoms with van der Waals surface area (Å²) in [6.45, 7) is 2.25. The third kappa shape index (κ3) is 11.4. The molecular formula is C40H30Cl4N8O6. The summed E-state index contributed by atoms with van der Waals surface area (Å²) in [5, 5.41) is 26.0. The van der Waals surface area contributed by atoms with Crippen molar-refractivity contribution in [2.75, 3.05) is 21.3 Å². The van der Waals surface area contributed by atoms with Crippen LogP contribution in [0.15, 0.2) is 130 Å². The number of azo groups is 2. The molecule has 5 aromatic carbocycles. The first-order valence-corrected chi connectivity index (χ1v) is 18.5. The average Bonchev–Trinajstić information content (AvgIpc) is 3.18. The van der Waals surface area contributed by atoms with Crippen molar-refractivity contribution < 1.29 is 28.8 Å². The summed E-state index contributed by atoms with van der Waals surface area (Å²) in [6.07, 6.45) is 0. The summed E-state index contributed by atoms with van der Waals surface area (Å²) in [4.78, 5) is 77.0. The molecule has 0 bridgehead atoms. The standard InChI is InChI=1S/C40H30Cl4N8O6/c1-21(53)34(51-49-32-17-23(13-15-28(32)41)37(55)45-25-9-5-3-6-10-25)39(57)47-27-19-30(43)36(31(44)20-27)48-40(58)35(22(2)54)52-50-33-18-24(14-16-29(33)42)38(56)46-26-11-7-4-8-12-26/h3-20,34-35H,1-2H3,(H,45,55)(H,46,56)(H,47,57)(H,48,58). The van der Waals surface area contributed by atoms with Crippen molar-refractivity contribution in [3.8, 4) is 0 Å². The molecule has 0 aromatic heterocycles. The fourth-order valence-electron chi connectivity index (χ4n) is 4.95. The second-order valence-corrected chi connectivity index (χ2v) is 13.9. The third-order valence-corrected chi connectivity index (χ3v) is 9.10. The molecule has 4 amide bonds. The third-order valence-electron chi connectivity index (χ3n) is 7.87. The van der Waals surface area contributed by atoms with Gasteiger partial charge >= 0.3 is 0 Å². The maximum atomic E-state index is 13.3. The van der Waals surface area contributed by atoms with Gasteiger partial charge in [-0.3, -0.25) is 28.8 Å². The number of nitrogens with one attached hydrogen (secondary N) is 4. The van der Waals surface area contributed by atoms with Crippen LogP contribution in [0.25, 0.3) is 0 Å². The number of anilines is 4. The van der Waals surface area contributed by atoms with Crippen molar-refractivity contribution >= 4 is 116 Å². The first-order valence-electron chi connectivity index (χ1n) is 17.0. The van der Waals surface area contributed by atoms with E-state index in [1.807, 2.05) is 0 Å². The molecule has 0 heterocycles. The molecule has 58 heavy (non-hydrogen) atoms. The van der Waals surface area contributed by atoms with Gasteiger partial charge in [0.1, 0.15) is 11.4 Å². The minimum absolute atomic E-state index is 0.0174. The number of nitrogens with zero attached hydrogens (tertiary/aromatic N) is 4. The van der Waals surface area contributed by atoms with Crippen molar-refractivity contribution in [1.82, 2.24) is 0 Å². The quantitative estimate of drug-likeness (QED) is 0.0632. The molecule has 294 valence electrons. The van der Waals surface area contributed by atoms with E-state index in [0.717, 1.165) is 13.8 Å². The van der Waals surface area contributed by atoms with E-state index in [1.165, 1.54) is 48.5 Å². The summed E-state index contributed by atoms with van der Waals surface area (Å²) >= 11 is 25.4. The van der Waals surface area contributed by atoms with Crippen molar-refractivity contribution in [3.05, 3.63) is 140 Å². The summed E-state index contributed by atoms with van der Waals surface area (Å²) in [5.74, 6) is -4.14. The maximum Gasteiger partial charge on any atom is 0.258 e. The summed E-state index contributed by atoms with van der Waals surface area (Å²) in [7, 11) is 0. The van der Waals surface area contributed by atoms with Gasteiger partial charge in [0.05, 0.1) is 25.8 Å². The van der Waals surface area contributed by atoms with Crippen molar-refractivity contribution in [2.45, 2.75) is 25.9 Å². The van der Waals surface area contributed by atoms with Gasteiger partial charge in [0, 0.05) is 28.2 Å². The van der Waals surface area contributed by atoms with Crippen LogP contribution < -0.4 is 21.3 Å². The van der Waals surface area contributed by atoms with Crippen molar-refractivity contribution in [1.29, 1.82) is 0 Å². The van der Waals surface area contributed by atoms with Gasteiger partial charge in [0.2, 0.25) is 12.1 Å². The lowest BCUT2D eigenvalue weighted by atomic mass is 10.1. The van der Waals surface area contributed by atoms with Gasteiger partial charge in [-0.1, -0.05) is 82.8 Å². The molecule has 0 aliphatic heterocycles. The van der Waals surface area contributed by atoms with Crippen LogP contribution in [0.5, 0.6) is 0 Å². The first-order chi connectivity index (χ1) is 27.7. The predicted molar refractivity (Wildman–Crippen MR) is 223 cm³/mol. The largest absolute Gasteiger partial charge is 0.324 e. The molecule has 14 nitrogen and oxygen atoms in total. The van der Waals surface area contributed by atoms with Gasteiger partial charge in [0.25, 0.3) is 23.6 Å². The van der Waals surface area contributed by atoms with Crippen molar-refractivity contribution in [3.63, 3.8) is 0 Å². The van der Waals surface area contributed by atoms with E-state index in [9.17, 15) is 28.8 Å². The second-order valence-electron chi connectivity index (χ2n) is 12.2. The van der Waals surface area contributed by atoms with Crippen LogP contribution in [0.2, 0.25) is 20.1 Å². The molecule has 5 rings (SSSR count). The zero-order valence-electron chi connectivity index (χ0n) is 30.3. The molecule has 4 N–H and O–H groups in total. The van der Waals surface area contributed by atoms with Crippen LogP contribution in [0.1, 0.15) is 34.6 Å². The predicted octanol–water partition coefficient (Wildman–Crippen LogP) is 10.2. The topological polar surface area (TPSA) is 200 Å². The van der Waals surface area contributed by atoms with E-state index in [4.69, 9.17) is 46.4 Å². The zero-order valence-corrected chi connectivity index (χ0v) is 33.3. The number of Topliss-reactive ketones (excluding diaryl/α,β-unsaturated/α-hetero) is 2. The molecule has 18 heteroatoms. The Bertz CT molecular complexity index is 2440. The molecule has 0 saturated heterocycles. The Labute approximate surface area is 351 Å². The van der Waals surface area contributed by atoms with Crippen LogP contribution >= 0.6 is 46.4 Å². The molecule has 0 radical (unpaired) electrons. The highest BCUT2D eigenvalue weighted by Gasteiger charge is 2.27. The number of ketones is 2. The number of amides is 4. The molecule has 2 unspecified atom stereocenters. The Balaban J connectivity index is 1.26. The molecule has 5 aromatic rings. The number of carbonyl (C=O) groups is 6. The number of hydrogen-bond donors (Lipinski definition) is 4. The summed E-state index contributed by atoms with van der Waals surface area (Å²) < 4.78 is 0. The van der Waals surface area contributed by atoms with Crippen LogP contribution in [0, 0.1) is 0 Å². The van der Waals surface area contributed by atoms with Crippen LogP contribution in [-0.2, 0) is 19.2 Å². The van der Waals surface area contributed by atoms with Crippen molar-refractivity contribution in [2.24, 2.45) is 20.5 Å². The summed E-state index contributed by atoms with van der Waals surface area (Å²) in [5.41, 5.74) is 1.45. The Morgan fingerprint density at radius 1 is 0.466 bits per heavy atom. The maximum absolute atomic E-state index is 13.3. The smallest absolute Gasteiger partial charge is 0.258 e. The highest BCUT2D eigenvalue weighted by Crippen LogP contribution is 2.35. The summed E-state index contributed by atoms with van der Waals surface area (Å²) in [6, 6.07) is 25.1. The fraction of sp³-hybridized carbons (Fsp3) is 0.100. The number of hydrogen-bond acceptors (Lipinski definition) is 10. The Hall–Kier alpha value is -6.32.